The molecule has 0 aliphatic heterocycles. The van der Waals surface area contributed by atoms with Crippen molar-refractivity contribution >= 4 is 29.3 Å². The number of benzene rings is 2. The first kappa shape index (κ1) is 28.4. The average molecular weight is 587 g/mol. The van der Waals surface area contributed by atoms with E-state index in [0.29, 0.717) is 26.9 Å². The van der Waals surface area contributed by atoms with Crippen LogP contribution in [0.2, 0.25) is 0 Å². The van der Waals surface area contributed by atoms with E-state index in [4.69, 9.17) is 10.2 Å². The van der Waals surface area contributed by atoms with E-state index in [1.165, 1.54) is 0 Å². The Kier molecular flexibility index (Phi) is 8.20. The number of anilines is 1. The van der Waals surface area contributed by atoms with E-state index < -0.39 is 35.1 Å². The van der Waals surface area contributed by atoms with Gasteiger partial charge in [-0.3, -0.25) is 23.5 Å². The summed E-state index contributed by atoms with van der Waals surface area (Å²) in [6, 6.07) is 20.0. The number of hydrogen-bond acceptors (Lipinski definition) is 10. The van der Waals surface area contributed by atoms with Gasteiger partial charge < -0.3 is 14.9 Å². The summed E-state index contributed by atoms with van der Waals surface area (Å²) in [5.41, 5.74) is 6.28. The van der Waals surface area contributed by atoms with Gasteiger partial charge in [-0.1, -0.05) is 60.3 Å². The van der Waals surface area contributed by atoms with Gasteiger partial charge >= 0.3 is 11.7 Å². The van der Waals surface area contributed by atoms with Crippen LogP contribution in [0.25, 0.3) is 17.1 Å². The highest BCUT2D eigenvalue weighted by atomic mass is 32.2. The molecule has 0 aliphatic carbocycles. The van der Waals surface area contributed by atoms with Gasteiger partial charge in [-0.05, 0) is 30.7 Å². The second-order valence-electron chi connectivity index (χ2n) is 9.16. The van der Waals surface area contributed by atoms with Crippen LogP contribution in [0.3, 0.4) is 0 Å². The third-order valence-corrected chi connectivity index (χ3v) is 7.45. The first-order valence-electron chi connectivity index (χ1n) is 12.7. The number of nitrogens with zero attached hydrogens (tertiary/aromatic N) is 5. The Labute approximate surface area is 243 Å². The number of nitrogen functional groups attached to an aromatic ring is 1. The maximum atomic E-state index is 13.6. The highest BCUT2D eigenvalue weighted by Crippen LogP contribution is 2.30. The first-order valence-corrected chi connectivity index (χ1v) is 13.7. The number of nitrogens with two attached hydrogens (primary N) is 1. The molecular weight excluding hydrogens is 560 g/mol. The quantitative estimate of drug-likeness (QED) is 0.147. The highest BCUT2D eigenvalue weighted by molar-refractivity contribution is 7.99. The number of esters is 1. The Morgan fingerprint density at radius 1 is 0.976 bits per heavy atom. The van der Waals surface area contributed by atoms with Crippen molar-refractivity contribution in [2.45, 2.75) is 25.2 Å². The molecule has 2 aromatic carbocycles. The molecule has 3 aromatic heterocycles. The minimum Gasteiger partial charge on any atom is -0.469 e. The molecule has 0 radical (unpaired) electrons. The van der Waals surface area contributed by atoms with Crippen molar-refractivity contribution in [3.63, 3.8) is 0 Å². The van der Waals surface area contributed by atoms with Crippen molar-refractivity contribution in [2.75, 3.05) is 18.6 Å². The number of ketones is 1. The molecule has 0 aliphatic rings. The van der Waals surface area contributed by atoms with Crippen LogP contribution in [-0.2, 0) is 22.6 Å². The number of Topliss-reactive ketones (excluding diaryl/α,β-unsaturated/α-hetero) is 1. The minimum atomic E-state index is -0.975. The molecule has 0 bridgehead atoms. The summed E-state index contributed by atoms with van der Waals surface area (Å²) in [5.74, 6) is -0.857. The van der Waals surface area contributed by atoms with Gasteiger partial charge in [0.15, 0.2) is 16.8 Å². The summed E-state index contributed by atoms with van der Waals surface area (Å²) in [4.78, 5) is 52.3. The molecule has 3 heterocycles. The standard InChI is InChI=1S/C29H26N6O6S/c1-18-21(13-14-41-18)26-31-32-28(35(26)20-11-7-4-8-12-20)42-17-22(36)24-25(30)33(15-19-9-5-3-6-10-19)29(39)34(27(24)38)16-23(37)40-2/h3-14H,15-17,30H2,1-2H3. The second-order valence-corrected chi connectivity index (χ2v) is 10.1. The number of methoxy groups -OCH3 is 1. The van der Waals surface area contributed by atoms with E-state index in [-0.39, 0.29) is 18.1 Å². The zero-order valence-electron chi connectivity index (χ0n) is 22.7. The average Bonchev–Trinajstić information content (AvgIpc) is 3.62. The molecular formula is C29H26N6O6S. The largest absolute Gasteiger partial charge is 0.469 e. The Morgan fingerprint density at radius 3 is 2.31 bits per heavy atom. The lowest BCUT2D eigenvalue weighted by Gasteiger charge is -2.16. The molecule has 12 nitrogen and oxygen atoms in total. The summed E-state index contributed by atoms with van der Waals surface area (Å²) in [6.07, 6.45) is 1.55. The Balaban J connectivity index is 1.54. The van der Waals surface area contributed by atoms with Crippen LogP contribution in [0.15, 0.2) is 92.2 Å². The van der Waals surface area contributed by atoms with Crippen LogP contribution in [0.4, 0.5) is 5.82 Å². The minimum absolute atomic E-state index is 0.0177. The molecule has 42 heavy (non-hydrogen) atoms. The summed E-state index contributed by atoms with van der Waals surface area (Å²) in [5, 5.41) is 9.04. The van der Waals surface area contributed by atoms with E-state index in [1.807, 2.05) is 43.3 Å². The van der Waals surface area contributed by atoms with Gasteiger partial charge in [0.1, 0.15) is 23.7 Å². The monoisotopic (exact) mass is 586 g/mol. The summed E-state index contributed by atoms with van der Waals surface area (Å²) < 4.78 is 13.7. The molecule has 5 aromatic rings. The predicted molar refractivity (Wildman–Crippen MR) is 156 cm³/mol. The molecule has 5 rings (SSSR count). The maximum absolute atomic E-state index is 13.6. The molecule has 0 saturated carbocycles. The van der Waals surface area contributed by atoms with Crippen LogP contribution >= 0.6 is 11.8 Å². The van der Waals surface area contributed by atoms with E-state index in [0.717, 1.165) is 34.7 Å². The third kappa shape index (κ3) is 5.54. The lowest BCUT2D eigenvalue weighted by Crippen LogP contribution is -2.45. The van der Waals surface area contributed by atoms with Crippen molar-refractivity contribution in [3.05, 3.63) is 111 Å². The van der Waals surface area contributed by atoms with Gasteiger partial charge in [0.2, 0.25) is 0 Å². The molecule has 0 amide bonds. The number of hydrogen-bond donors (Lipinski definition) is 1. The van der Waals surface area contributed by atoms with E-state index >= 15 is 0 Å². The summed E-state index contributed by atoms with van der Waals surface area (Å²) in [7, 11) is 1.14. The Hall–Kier alpha value is -5.17. The number of furan rings is 1. The number of carbonyl (C=O) groups is 2. The lowest BCUT2D eigenvalue weighted by atomic mass is 10.2. The number of rotatable bonds is 10. The van der Waals surface area contributed by atoms with Crippen molar-refractivity contribution in [1.82, 2.24) is 23.9 Å². The highest BCUT2D eigenvalue weighted by Gasteiger charge is 2.26. The zero-order chi connectivity index (χ0) is 29.8. The molecule has 0 spiro atoms. The fourth-order valence-electron chi connectivity index (χ4n) is 4.40. The molecule has 0 saturated heterocycles. The Morgan fingerprint density at radius 2 is 1.67 bits per heavy atom. The van der Waals surface area contributed by atoms with Crippen LogP contribution in [0.1, 0.15) is 21.7 Å². The number of carbonyl (C=O) groups excluding carboxylic acids is 2. The fraction of sp³-hybridized carbons (Fsp3) is 0.172. The van der Waals surface area contributed by atoms with Gasteiger partial charge in [0.25, 0.3) is 5.56 Å². The lowest BCUT2D eigenvalue weighted by molar-refractivity contribution is -0.141. The van der Waals surface area contributed by atoms with Gasteiger partial charge in [-0.25, -0.2) is 9.36 Å². The maximum Gasteiger partial charge on any atom is 0.333 e. The van der Waals surface area contributed by atoms with Crippen molar-refractivity contribution < 1.29 is 18.7 Å². The summed E-state index contributed by atoms with van der Waals surface area (Å²) in [6.45, 7) is 1.12. The van der Waals surface area contributed by atoms with Crippen LogP contribution in [0, 0.1) is 6.92 Å². The molecule has 2 N–H and O–H groups in total. The topological polar surface area (TPSA) is 157 Å². The van der Waals surface area contributed by atoms with Crippen LogP contribution < -0.4 is 17.0 Å². The second kappa shape index (κ2) is 12.1. The van der Waals surface area contributed by atoms with Gasteiger partial charge in [-0.2, -0.15) is 0 Å². The summed E-state index contributed by atoms with van der Waals surface area (Å²) >= 11 is 1.05. The molecule has 0 atom stereocenters. The zero-order valence-corrected chi connectivity index (χ0v) is 23.5. The normalized spacial score (nSPS) is 11.0. The SMILES string of the molecule is COC(=O)Cn1c(=O)c(C(=O)CSc2nnc(-c3ccoc3C)n2-c2ccccc2)c(N)n(Cc2ccccc2)c1=O. The molecule has 214 valence electrons. The first-order chi connectivity index (χ1) is 20.3. The van der Waals surface area contributed by atoms with Crippen molar-refractivity contribution in [2.24, 2.45) is 0 Å². The Bertz CT molecular complexity index is 1870. The molecule has 13 heteroatoms. The predicted octanol–water partition coefficient (Wildman–Crippen LogP) is 2.94. The molecule has 0 fully saturated rings. The van der Waals surface area contributed by atoms with E-state index in [9.17, 15) is 19.2 Å². The van der Waals surface area contributed by atoms with E-state index in [2.05, 4.69) is 14.9 Å². The van der Waals surface area contributed by atoms with Gasteiger partial charge in [0, 0.05) is 5.69 Å². The van der Waals surface area contributed by atoms with Crippen LogP contribution in [-0.4, -0.2) is 48.5 Å². The fourth-order valence-corrected chi connectivity index (χ4v) is 5.22. The third-order valence-electron chi connectivity index (χ3n) is 6.52. The number of aryl methyl sites for hydroxylation is 1. The van der Waals surface area contributed by atoms with Gasteiger partial charge in [0.05, 0.1) is 31.2 Å². The van der Waals surface area contributed by atoms with Gasteiger partial charge in [-0.15, -0.1) is 10.2 Å². The smallest absolute Gasteiger partial charge is 0.333 e. The van der Waals surface area contributed by atoms with E-state index in [1.54, 1.807) is 41.2 Å². The number of thioether (sulfide) groups is 1. The van der Waals surface area contributed by atoms with Crippen molar-refractivity contribution in [3.8, 4) is 17.1 Å². The van der Waals surface area contributed by atoms with Crippen LogP contribution in [0.5, 0.6) is 0 Å². The number of aromatic nitrogens is 5. The molecule has 0 unspecified atom stereocenters. The van der Waals surface area contributed by atoms with Crippen molar-refractivity contribution in [1.29, 1.82) is 0 Å². The number of para-hydroxylation sites is 1. The number of ether oxygens (including phenoxy) is 1.